The fraction of sp³-hybridized carbons (Fsp3) is 0.154. The summed E-state index contributed by atoms with van der Waals surface area (Å²) in [6.45, 7) is 3.91. The third kappa shape index (κ3) is 4.86. The molecule has 6 heteroatoms. The minimum atomic E-state index is -0.737. The van der Waals surface area contributed by atoms with Crippen molar-refractivity contribution in [2.24, 2.45) is 5.41 Å². The van der Waals surface area contributed by atoms with Crippen LogP contribution in [0.2, 0.25) is 0 Å². The van der Waals surface area contributed by atoms with Crippen LogP contribution < -0.4 is 10.6 Å². The van der Waals surface area contributed by atoms with E-state index in [-0.39, 0.29) is 17.6 Å². The van der Waals surface area contributed by atoms with Crippen LogP contribution in [-0.2, 0) is 4.79 Å². The van der Waals surface area contributed by atoms with E-state index in [1.165, 1.54) is 23.5 Å². The molecule has 0 fully saturated rings. The number of hydrogen-bond acceptors (Lipinski definition) is 4. The van der Waals surface area contributed by atoms with Crippen molar-refractivity contribution in [2.75, 3.05) is 10.6 Å². The van der Waals surface area contributed by atoms with Crippen molar-refractivity contribution >= 4 is 33.8 Å². The number of rotatable bonds is 7. The summed E-state index contributed by atoms with van der Waals surface area (Å²) in [7, 11) is 0. The van der Waals surface area contributed by atoms with Crippen LogP contribution in [0.5, 0.6) is 0 Å². The molecule has 1 unspecified atom stereocenters. The van der Waals surface area contributed by atoms with E-state index < -0.39 is 5.41 Å². The first kappa shape index (κ1) is 21.7. The van der Waals surface area contributed by atoms with Crippen molar-refractivity contribution in [3.05, 3.63) is 107 Å². The average Bonchev–Trinajstić information content (AvgIpc) is 3.30. The number of benzene rings is 3. The molecule has 0 aliphatic heterocycles. The van der Waals surface area contributed by atoms with Gasteiger partial charge in [-0.15, -0.1) is 11.3 Å². The van der Waals surface area contributed by atoms with Crippen LogP contribution >= 0.6 is 11.3 Å². The number of amides is 1. The molecule has 0 bridgehead atoms. The number of halogens is 1. The molecule has 4 nitrogen and oxygen atoms in total. The number of nitrogens with one attached hydrogen (secondary N) is 2. The quantitative estimate of drug-likeness (QED) is 0.328. The summed E-state index contributed by atoms with van der Waals surface area (Å²) in [4.78, 5) is 17.5. The maximum atomic E-state index is 13.3. The van der Waals surface area contributed by atoms with Crippen molar-refractivity contribution < 1.29 is 9.18 Å². The highest BCUT2D eigenvalue weighted by Crippen LogP contribution is 2.42. The van der Waals surface area contributed by atoms with Gasteiger partial charge < -0.3 is 10.6 Å². The smallest absolute Gasteiger partial charge is 0.232 e. The van der Waals surface area contributed by atoms with Gasteiger partial charge in [-0.2, -0.15) is 0 Å². The fourth-order valence-corrected chi connectivity index (χ4v) is 4.33. The van der Waals surface area contributed by atoms with Gasteiger partial charge in [0.1, 0.15) is 5.82 Å². The summed E-state index contributed by atoms with van der Waals surface area (Å²) in [5.41, 5.74) is 3.05. The van der Waals surface area contributed by atoms with E-state index >= 15 is 0 Å². The van der Waals surface area contributed by atoms with E-state index in [4.69, 9.17) is 0 Å². The van der Waals surface area contributed by atoms with Gasteiger partial charge in [0.05, 0.1) is 5.41 Å². The Kier molecular flexibility index (Phi) is 6.32. The maximum Gasteiger partial charge on any atom is 0.232 e. The van der Waals surface area contributed by atoms with Crippen LogP contribution in [0.3, 0.4) is 0 Å². The second-order valence-corrected chi connectivity index (χ2v) is 9.01. The Bertz CT molecular complexity index is 1160. The van der Waals surface area contributed by atoms with E-state index in [2.05, 4.69) is 15.6 Å². The summed E-state index contributed by atoms with van der Waals surface area (Å²) >= 11 is 1.40. The first-order valence-corrected chi connectivity index (χ1v) is 11.2. The third-order valence-corrected chi connectivity index (χ3v) is 6.16. The third-order valence-electron chi connectivity index (χ3n) is 5.47. The van der Waals surface area contributed by atoms with Gasteiger partial charge in [0.2, 0.25) is 5.91 Å². The molecule has 0 aliphatic carbocycles. The molecule has 1 heterocycles. The molecule has 0 spiro atoms. The first-order chi connectivity index (χ1) is 15.4. The zero-order valence-corrected chi connectivity index (χ0v) is 18.7. The maximum absolute atomic E-state index is 13.3. The number of nitrogens with zero attached hydrogens (tertiary/aromatic N) is 1. The van der Waals surface area contributed by atoms with Gasteiger partial charge in [-0.3, -0.25) is 4.79 Å². The van der Waals surface area contributed by atoms with E-state index in [0.717, 1.165) is 22.5 Å². The number of hydrogen-bond donors (Lipinski definition) is 2. The summed E-state index contributed by atoms with van der Waals surface area (Å²) in [5, 5.41) is 8.66. The average molecular weight is 446 g/mol. The van der Waals surface area contributed by atoms with Crippen LogP contribution in [-0.4, -0.2) is 10.9 Å². The van der Waals surface area contributed by atoms with Crippen molar-refractivity contribution in [1.82, 2.24) is 4.98 Å². The van der Waals surface area contributed by atoms with Crippen LogP contribution in [0.15, 0.2) is 90.4 Å². The van der Waals surface area contributed by atoms with Crippen molar-refractivity contribution in [2.45, 2.75) is 19.8 Å². The summed E-state index contributed by atoms with van der Waals surface area (Å²) in [5.74, 6) is -0.520. The Morgan fingerprint density at radius 3 is 2.09 bits per heavy atom. The molecule has 0 radical (unpaired) electrons. The molecule has 1 aromatic heterocycles. The monoisotopic (exact) mass is 445 g/mol. The van der Waals surface area contributed by atoms with Crippen LogP contribution in [0.25, 0.3) is 0 Å². The molecule has 0 saturated heterocycles. The molecule has 1 atom stereocenters. The van der Waals surface area contributed by atoms with E-state index in [1.54, 1.807) is 18.3 Å². The topological polar surface area (TPSA) is 54.0 Å². The van der Waals surface area contributed by atoms with Gasteiger partial charge in [0.25, 0.3) is 0 Å². The van der Waals surface area contributed by atoms with Gasteiger partial charge in [0, 0.05) is 28.9 Å². The molecule has 1 amide bonds. The molecular weight excluding hydrogens is 421 g/mol. The largest absolute Gasteiger partial charge is 0.356 e. The minimum Gasteiger partial charge on any atom is -0.356 e. The highest BCUT2D eigenvalue weighted by molar-refractivity contribution is 7.13. The first-order valence-electron chi connectivity index (χ1n) is 10.3. The summed E-state index contributed by atoms with van der Waals surface area (Å²) in [6.07, 6.45) is 1.68. The highest BCUT2D eigenvalue weighted by Gasteiger charge is 2.39. The van der Waals surface area contributed by atoms with Crippen molar-refractivity contribution in [1.29, 1.82) is 0 Å². The van der Waals surface area contributed by atoms with Gasteiger partial charge in [0.15, 0.2) is 5.13 Å². The molecule has 162 valence electrons. The predicted octanol–water partition coefficient (Wildman–Crippen LogP) is 6.82. The molecule has 2 N–H and O–H groups in total. The summed E-state index contributed by atoms with van der Waals surface area (Å²) < 4.78 is 13.2. The lowest BCUT2D eigenvalue weighted by molar-refractivity contribution is -0.124. The lowest BCUT2D eigenvalue weighted by Crippen LogP contribution is -2.37. The Balaban J connectivity index is 1.63. The number of carbonyl (C=O) groups excluding carboxylic acids is 1. The highest BCUT2D eigenvalue weighted by atomic mass is 32.1. The minimum absolute atomic E-state index is 0.0881. The summed E-state index contributed by atoms with van der Waals surface area (Å²) in [6, 6.07) is 24.3. The second-order valence-electron chi connectivity index (χ2n) is 8.11. The fourth-order valence-electron chi connectivity index (χ4n) is 3.80. The number of thiazole rings is 1. The lowest BCUT2D eigenvalue weighted by Gasteiger charge is -2.34. The standard InChI is InChI=1S/C26H24FN3OS/c1-26(2,24(31)30-25-28-16-17-32-25)23(18-6-4-3-5-7-18)19-8-12-21(13-9-19)29-22-14-10-20(27)11-15-22/h3-17,23,29H,1-2H3,(H,28,30,31). The van der Waals surface area contributed by atoms with Crippen LogP contribution in [0.1, 0.15) is 30.9 Å². The van der Waals surface area contributed by atoms with Crippen LogP contribution in [0, 0.1) is 11.2 Å². The van der Waals surface area contributed by atoms with E-state index in [1.807, 2.05) is 73.8 Å². The Hall–Kier alpha value is -3.51. The van der Waals surface area contributed by atoms with Gasteiger partial charge >= 0.3 is 0 Å². The number of aromatic nitrogens is 1. The van der Waals surface area contributed by atoms with Gasteiger partial charge in [-0.05, 0) is 47.5 Å². The van der Waals surface area contributed by atoms with E-state index in [0.29, 0.717) is 5.13 Å². The molecule has 32 heavy (non-hydrogen) atoms. The zero-order chi connectivity index (χ0) is 22.6. The second kappa shape index (κ2) is 9.32. The molecular formula is C26H24FN3OS. The van der Waals surface area contributed by atoms with Crippen LogP contribution in [0.4, 0.5) is 20.9 Å². The normalized spacial score (nSPS) is 12.2. The van der Waals surface area contributed by atoms with Crippen molar-refractivity contribution in [3.63, 3.8) is 0 Å². The molecule has 4 rings (SSSR count). The molecule has 3 aromatic carbocycles. The predicted molar refractivity (Wildman–Crippen MR) is 129 cm³/mol. The van der Waals surface area contributed by atoms with E-state index in [9.17, 15) is 9.18 Å². The SMILES string of the molecule is CC(C)(C(=O)Nc1nccs1)C(c1ccccc1)c1ccc(Nc2ccc(F)cc2)cc1. The molecule has 4 aromatic rings. The number of carbonyl (C=O) groups is 1. The Morgan fingerprint density at radius 2 is 1.50 bits per heavy atom. The van der Waals surface area contributed by atoms with Gasteiger partial charge in [-0.25, -0.2) is 9.37 Å². The molecule has 0 aliphatic rings. The Labute approximate surface area is 191 Å². The lowest BCUT2D eigenvalue weighted by atomic mass is 9.70. The zero-order valence-electron chi connectivity index (χ0n) is 17.9. The number of anilines is 3. The molecule has 0 saturated carbocycles. The van der Waals surface area contributed by atoms with Crippen molar-refractivity contribution in [3.8, 4) is 0 Å². The van der Waals surface area contributed by atoms with Gasteiger partial charge in [-0.1, -0.05) is 56.3 Å². The Morgan fingerprint density at radius 1 is 0.906 bits per heavy atom.